The first kappa shape index (κ1) is 12.3. The maximum absolute atomic E-state index is 13.8. The highest BCUT2D eigenvalue weighted by atomic mass is 19.1. The zero-order valence-electron chi connectivity index (χ0n) is 9.88. The first-order valence-electron chi connectivity index (χ1n) is 5.92. The van der Waals surface area contributed by atoms with Crippen LogP contribution in [0.1, 0.15) is 37.3 Å². The summed E-state index contributed by atoms with van der Waals surface area (Å²) in [6, 6.07) is 1.82. The Morgan fingerprint density at radius 1 is 1.24 bits per heavy atom. The van der Waals surface area contributed by atoms with Gasteiger partial charge in [-0.05, 0) is 18.8 Å². The molecule has 1 aromatic carbocycles. The molecule has 1 fully saturated rings. The van der Waals surface area contributed by atoms with Crippen molar-refractivity contribution in [3.8, 4) is 5.75 Å². The van der Waals surface area contributed by atoms with Gasteiger partial charge in [0.25, 0.3) is 0 Å². The molecule has 1 aromatic rings. The molecule has 1 saturated carbocycles. The summed E-state index contributed by atoms with van der Waals surface area (Å²) in [4.78, 5) is 0. The standard InChI is InChI=1S/C13H17F2NO/c1-17-9-6-10(14)12(11(15)7-9)13(16)8-4-2-3-5-8/h6-8,13H,2-5,16H2,1H3/t13-/m1/s1. The average Bonchev–Trinajstić information content (AvgIpc) is 2.81. The molecule has 0 spiro atoms. The van der Waals surface area contributed by atoms with Crippen molar-refractivity contribution in [1.82, 2.24) is 0 Å². The van der Waals surface area contributed by atoms with E-state index in [-0.39, 0.29) is 17.2 Å². The van der Waals surface area contributed by atoms with E-state index >= 15 is 0 Å². The molecule has 17 heavy (non-hydrogen) atoms. The summed E-state index contributed by atoms with van der Waals surface area (Å²) in [5, 5.41) is 0. The van der Waals surface area contributed by atoms with Gasteiger partial charge in [0, 0.05) is 23.7 Å². The van der Waals surface area contributed by atoms with Crippen molar-refractivity contribution >= 4 is 0 Å². The van der Waals surface area contributed by atoms with E-state index in [4.69, 9.17) is 10.5 Å². The lowest BCUT2D eigenvalue weighted by Gasteiger charge is -2.20. The molecule has 0 heterocycles. The number of nitrogens with two attached hydrogens (primary N) is 1. The molecular formula is C13H17F2NO. The second kappa shape index (κ2) is 5.00. The summed E-state index contributed by atoms with van der Waals surface area (Å²) >= 11 is 0. The van der Waals surface area contributed by atoms with Crippen molar-refractivity contribution in [3.63, 3.8) is 0 Å². The molecule has 0 radical (unpaired) electrons. The van der Waals surface area contributed by atoms with E-state index in [0.29, 0.717) is 0 Å². The zero-order valence-corrected chi connectivity index (χ0v) is 9.88. The van der Waals surface area contributed by atoms with Gasteiger partial charge in [0.05, 0.1) is 7.11 Å². The van der Waals surface area contributed by atoms with Crippen molar-refractivity contribution in [2.75, 3.05) is 7.11 Å². The Labute approximate surface area is 99.8 Å². The number of methoxy groups -OCH3 is 1. The van der Waals surface area contributed by atoms with Gasteiger partial charge in [0.2, 0.25) is 0 Å². The summed E-state index contributed by atoms with van der Waals surface area (Å²) in [5.41, 5.74) is 5.97. The maximum atomic E-state index is 13.8. The molecule has 2 nitrogen and oxygen atoms in total. The van der Waals surface area contributed by atoms with E-state index in [1.807, 2.05) is 0 Å². The third-order valence-corrected chi connectivity index (χ3v) is 3.53. The van der Waals surface area contributed by atoms with Gasteiger partial charge < -0.3 is 10.5 Å². The minimum Gasteiger partial charge on any atom is -0.497 e. The zero-order chi connectivity index (χ0) is 12.4. The quantitative estimate of drug-likeness (QED) is 0.882. The third-order valence-electron chi connectivity index (χ3n) is 3.53. The molecule has 0 unspecified atom stereocenters. The van der Waals surface area contributed by atoms with E-state index in [1.54, 1.807) is 0 Å². The van der Waals surface area contributed by atoms with Crippen LogP contribution in [0.4, 0.5) is 8.78 Å². The lowest BCUT2D eigenvalue weighted by Crippen LogP contribution is -2.22. The van der Waals surface area contributed by atoms with Crippen LogP contribution >= 0.6 is 0 Å². The van der Waals surface area contributed by atoms with E-state index in [9.17, 15) is 8.78 Å². The Morgan fingerprint density at radius 2 is 1.76 bits per heavy atom. The van der Waals surface area contributed by atoms with Crippen molar-refractivity contribution in [1.29, 1.82) is 0 Å². The molecule has 2 N–H and O–H groups in total. The van der Waals surface area contributed by atoms with Crippen LogP contribution in [0, 0.1) is 17.6 Å². The molecule has 0 amide bonds. The molecule has 1 aliphatic rings. The lowest BCUT2D eigenvalue weighted by molar-refractivity contribution is 0.389. The molecule has 4 heteroatoms. The fraction of sp³-hybridized carbons (Fsp3) is 0.538. The van der Waals surface area contributed by atoms with E-state index in [0.717, 1.165) is 25.7 Å². The Balaban J connectivity index is 2.30. The minimum atomic E-state index is -0.610. The number of halogens is 2. The highest BCUT2D eigenvalue weighted by molar-refractivity contribution is 5.32. The molecule has 0 aromatic heterocycles. The van der Waals surface area contributed by atoms with Crippen LogP contribution in [0.15, 0.2) is 12.1 Å². The number of hydrogen-bond donors (Lipinski definition) is 1. The topological polar surface area (TPSA) is 35.2 Å². The SMILES string of the molecule is COc1cc(F)c([C@H](N)C2CCCC2)c(F)c1. The van der Waals surface area contributed by atoms with E-state index < -0.39 is 17.7 Å². The molecule has 1 aliphatic carbocycles. The second-order valence-corrected chi connectivity index (χ2v) is 4.58. The van der Waals surface area contributed by atoms with Crippen LogP contribution in [0.3, 0.4) is 0 Å². The summed E-state index contributed by atoms with van der Waals surface area (Å²) < 4.78 is 32.4. The van der Waals surface area contributed by atoms with Gasteiger partial charge in [-0.25, -0.2) is 8.78 Å². The van der Waals surface area contributed by atoms with Crippen molar-refractivity contribution in [3.05, 3.63) is 29.3 Å². The first-order chi connectivity index (χ1) is 8.13. The summed E-state index contributed by atoms with van der Waals surface area (Å²) in [6.45, 7) is 0. The lowest BCUT2D eigenvalue weighted by atomic mass is 9.91. The number of ether oxygens (including phenoxy) is 1. The van der Waals surface area contributed by atoms with Gasteiger partial charge in [0.15, 0.2) is 0 Å². The van der Waals surface area contributed by atoms with Gasteiger partial charge in [-0.3, -0.25) is 0 Å². The highest BCUT2D eigenvalue weighted by Gasteiger charge is 2.28. The van der Waals surface area contributed by atoms with Crippen molar-refractivity contribution in [2.24, 2.45) is 11.7 Å². The number of hydrogen-bond acceptors (Lipinski definition) is 2. The largest absolute Gasteiger partial charge is 0.497 e. The van der Waals surface area contributed by atoms with Crippen LogP contribution in [-0.4, -0.2) is 7.11 Å². The van der Waals surface area contributed by atoms with Gasteiger partial charge in [-0.2, -0.15) is 0 Å². The normalized spacial score (nSPS) is 18.4. The maximum Gasteiger partial charge on any atom is 0.134 e. The van der Waals surface area contributed by atoms with Crippen molar-refractivity contribution in [2.45, 2.75) is 31.7 Å². The van der Waals surface area contributed by atoms with Crippen LogP contribution < -0.4 is 10.5 Å². The van der Waals surface area contributed by atoms with Crippen LogP contribution in [-0.2, 0) is 0 Å². The fourth-order valence-electron chi connectivity index (χ4n) is 2.55. The summed E-state index contributed by atoms with van der Waals surface area (Å²) in [5.74, 6) is -0.850. The Bertz CT molecular complexity index is 379. The summed E-state index contributed by atoms with van der Waals surface area (Å²) in [6.07, 6.45) is 4.09. The third kappa shape index (κ3) is 2.41. The molecule has 94 valence electrons. The Kier molecular flexibility index (Phi) is 3.62. The second-order valence-electron chi connectivity index (χ2n) is 4.58. The van der Waals surface area contributed by atoms with Crippen LogP contribution in [0.5, 0.6) is 5.75 Å². The van der Waals surface area contributed by atoms with Gasteiger partial charge in [-0.15, -0.1) is 0 Å². The van der Waals surface area contributed by atoms with Crippen LogP contribution in [0.2, 0.25) is 0 Å². The van der Waals surface area contributed by atoms with Crippen LogP contribution in [0.25, 0.3) is 0 Å². The average molecular weight is 241 g/mol. The van der Waals surface area contributed by atoms with E-state index in [2.05, 4.69) is 0 Å². The first-order valence-corrected chi connectivity index (χ1v) is 5.92. The van der Waals surface area contributed by atoms with E-state index in [1.165, 1.54) is 19.2 Å². The Hall–Kier alpha value is -1.16. The van der Waals surface area contributed by atoms with Gasteiger partial charge in [0.1, 0.15) is 17.4 Å². The smallest absolute Gasteiger partial charge is 0.134 e. The fourth-order valence-corrected chi connectivity index (χ4v) is 2.55. The Morgan fingerprint density at radius 3 is 2.24 bits per heavy atom. The molecule has 0 saturated heterocycles. The number of rotatable bonds is 3. The minimum absolute atomic E-state index is 0.00213. The molecule has 0 aliphatic heterocycles. The predicted octanol–water partition coefficient (Wildman–Crippen LogP) is 3.16. The highest BCUT2D eigenvalue weighted by Crippen LogP contribution is 2.36. The molecular weight excluding hydrogens is 224 g/mol. The predicted molar refractivity (Wildman–Crippen MR) is 61.8 cm³/mol. The number of benzene rings is 1. The van der Waals surface area contributed by atoms with Gasteiger partial charge >= 0.3 is 0 Å². The summed E-state index contributed by atoms with van der Waals surface area (Å²) in [7, 11) is 1.38. The molecule has 1 atom stereocenters. The monoisotopic (exact) mass is 241 g/mol. The van der Waals surface area contributed by atoms with Gasteiger partial charge in [-0.1, -0.05) is 12.8 Å². The molecule has 2 rings (SSSR count). The molecule has 0 bridgehead atoms. The van der Waals surface area contributed by atoms with Crippen molar-refractivity contribution < 1.29 is 13.5 Å².